The second kappa shape index (κ2) is 6.87. The molecule has 35 heavy (non-hydrogen) atoms. The predicted molar refractivity (Wildman–Crippen MR) is 96.9 cm³/mol. The van der Waals surface area contributed by atoms with Crippen molar-refractivity contribution in [1.29, 1.82) is 0 Å². The van der Waals surface area contributed by atoms with E-state index in [0.717, 1.165) is 28.4 Å². The molecule has 0 N–H and O–H groups in total. The van der Waals surface area contributed by atoms with Crippen molar-refractivity contribution >= 4 is 47.4 Å². The molecule has 5 heterocycles. The van der Waals surface area contributed by atoms with Crippen molar-refractivity contribution in [2.45, 2.75) is 23.3 Å². The maximum atomic E-state index is 14.2. The Morgan fingerprint density at radius 1 is 0.714 bits per heavy atom. The van der Waals surface area contributed by atoms with Crippen molar-refractivity contribution in [2.24, 2.45) is 11.8 Å². The Hall–Kier alpha value is -3.80. The molecule has 5 aliphatic heterocycles. The number of likely N-dealkylation sites (N-methyl/N-ethyl adjacent to an activating group) is 1. The maximum Gasteiger partial charge on any atom is 0.423 e. The number of hydroxylamine groups is 2. The van der Waals surface area contributed by atoms with Crippen LogP contribution in [0.5, 0.6) is 0 Å². The zero-order valence-corrected chi connectivity index (χ0v) is 18.4. The first-order chi connectivity index (χ1) is 16.5. The van der Waals surface area contributed by atoms with Gasteiger partial charge in [-0.25, -0.2) is 14.4 Å². The third-order valence-electron chi connectivity index (χ3n) is 6.86. The van der Waals surface area contributed by atoms with Gasteiger partial charge in [0.15, 0.2) is 12.2 Å². The van der Waals surface area contributed by atoms with Crippen LogP contribution in [0.15, 0.2) is 0 Å². The fraction of sp³-hybridized carbons (Fsp3) is 0.556. The Labute approximate surface area is 194 Å². The van der Waals surface area contributed by atoms with E-state index in [4.69, 9.17) is 19.1 Å². The van der Waals surface area contributed by atoms with Gasteiger partial charge >= 0.3 is 18.0 Å². The van der Waals surface area contributed by atoms with Crippen LogP contribution in [0.2, 0.25) is 0 Å². The molecule has 17 heteroatoms. The quantitative estimate of drug-likeness (QED) is 0.155. The van der Waals surface area contributed by atoms with E-state index < -0.39 is 82.6 Å². The van der Waals surface area contributed by atoms with E-state index in [0.29, 0.717) is 15.2 Å². The summed E-state index contributed by atoms with van der Waals surface area (Å²) in [6, 6.07) is 0. The van der Waals surface area contributed by atoms with Crippen LogP contribution < -0.4 is 0 Å². The van der Waals surface area contributed by atoms with E-state index in [1.165, 1.54) is 0 Å². The molecule has 0 saturated carbocycles. The average Bonchev–Trinajstić information content (AvgIpc) is 3.55. The molecule has 6 atom stereocenters. The molecule has 5 amide bonds. The summed E-state index contributed by atoms with van der Waals surface area (Å²) in [7, 11) is 3.71. The Bertz CT molecular complexity index is 1170. The second-order valence-electron chi connectivity index (χ2n) is 8.12. The van der Waals surface area contributed by atoms with E-state index in [9.17, 15) is 38.4 Å². The number of imide groups is 4. The number of carbonyl (C=O) groups is 8. The van der Waals surface area contributed by atoms with Gasteiger partial charge in [-0.15, -0.1) is 0 Å². The number of amides is 5. The summed E-state index contributed by atoms with van der Waals surface area (Å²) in [5, 5.41) is 0.717. The minimum absolute atomic E-state index is 0.0422. The van der Waals surface area contributed by atoms with E-state index in [2.05, 4.69) is 4.74 Å². The zero-order valence-electron chi connectivity index (χ0n) is 18.4. The molecule has 0 spiro atoms. The van der Waals surface area contributed by atoms with Gasteiger partial charge in [-0.1, -0.05) is 10.3 Å². The number of ketones is 1. The average molecular weight is 496 g/mol. The fourth-order valence-corrected chi connectivity index (χ4v) is 5.35. The Morgan fingerprint density at radius 2 is 1.17 bits per heavy atom. The molecule has 186 valence electrons. The molecule has 5 fully saturated rings. The molecule has 0 aromatic heterocycles. The van der Waals surface area contributed by atoms with Crippen molar-refractivity contribution in [1.82, 2.24) is 20.1 Å². The maximum absolute atomic E-state index is 14.2. The highest BCUT2D eigenvalue weighted by Crippen LogP contribution is 2.59. The number of ether oxygens (including phenoxy) is 3. The molecule has 5 saturated heterocycles. The first kappa shape index (κ1) is 23.0. The molecule has 1 unspecified atom stereocenters. The highest BCUT2D eigenvalue weighted by molar-refractivity contribution is 6.30. The number of fused-ring (bicyclic) bond motifs is 7. The summed E-state index contributed by atoms with van der Waals surface area (Å²) in [6.07, 6.45) is -5.01. The molecule has 0 aromatic rings. The van der Waals surface area contributed by atoms with Gasteiger partial charge < -0.3 is 14.2 Å². The summed E-state index contributed by atoms with van der Waals surface area (Å²) in [4.78, 5) is 116. The van der Waals surface area contributed by atoms with Crippen LogP contribution in [-0.4, -0.2) is 119 Å². The van der Waals surface area contributed by atoms with Gasteiger partial charge in [0.2, 0.25) is 28.7 Å². The van der Waals surface area contributed by atoms with Crippen molar-refractivity contribution in [3.8, 4) is 0 Å². The molecular formula is C18H16N4O13. The lowest BCUT2D eigenvalue weighted by Gasteiger charge is -2.31. The number of carbonyl (C=O) groups excluding carboxylic acids is 8. The standard InChI is InChI=1S/C18H16N4O13/c1-19-9(23)5-7(11(19)25)34-21-17(5,14(28)31-2)13(27)18(15(29)32-3)6-8(35-22(18)21)12(26)20(10(6)24)16(30)33-4/h5-8H,1-4H3/t5?,6-,7+,8+,17-,18-/m1/s1. The fourth-order valence-electron chi connectivity index (χ4n) is 5.35. The number of rotatable bonds is 2. The molecule has 0 aliphatic carbocycles. The minimum atomic E-state index is -2.90. The van der Waals surface area contributed by atoms with Crippen LogP contribution in [0.25, 0.3) is 0 Å². The van der Waals surface area contributed by atoms with Crippen LogP contribution in [0.3, 0.4) is 0 Å². The van der Waals surface area contributed by atoms with Gasteiger partial charge in [0.05, 0.1) is 21.3 Å². The van der Waals surface area contributed by atoms with Gasteiger partial charge in [-0.05, 0) is 0 Å². The third kappa shape index (κ3) is 2.13. The topological polar surface area (TPSA) is 196 Å². The molecule has 0 radical (unpaired) electrons. The van der Waals surface area contributed by atoms with Gasteiger partial charge in [0.25, 0.3) is 11.8 Å². The van der Waals surface area contributed by atoms with E-state index in [-0.39, 0.29) is 4.90 Å². The van der Waals surface area contributed by atoms with Gasteiger partial charge in [-0.2, -0.15) is 4.90 Å². The molecular weight excluding hydrogens is 480 g/mol. The largest absolute Gasteiger partial charge is 0.467 e. The lowest BCUT2D eigenvalue weighted by atomic mass is 9.69. The van der Waals surface area contributed by atoms with E-state index in [1.54, 1.807) is 0 Å². The van der Waals surface area contributed by atoms with Crippen molar-refractivity contribution in [3.63, 3.8) is 0 Å². The number of hydrogen-bond acceptors (Lipinski definition) is 15. The van der Waals surface area contributed by atoms with Crippen LogP contribution in [0.1, 0.15) is 0 Å². The first-order valence-electron chi connectivity index (χ1n) is 9.92. The van der Waals surface area contributed by atoms with Crippen LogP contribution in [-0.2, 0) is 57.4 Å². The number of esters is 2. The zero-order chi connectivity index (χ0) is 25.8. The van der Waals surface area contributed by atoms with Crippen LogP contribution in [0, 0.1) is 11.8 Å². The van der Waals surface area contributed by atoms with E-state index >= 15 is 0 Å². The van der Waals surface area contributed by atoms with Crippen molar-refractivity contribution in [2.75, 3.05) is 28.4 Å². The summed E-state index contributed by atoms with van der Waals surface area (Å²) in [6.45, 7) is 0. The predicted octanol–water partition coefficient (Wildman–Crippen LogP) is -4.09. The SMILES string of the molecule is COC(=O)N1C(=O)[C@H]2ON3N4O[C@@H]5C(=O)N(C)C(=O)C5[C@]4(C(=O)OC)C(=O)[C@@]3(C(=O)OC)[C@H]2C1=O. The van der Waals surface area contributed by atoms with Gasteiger partial charge in [-0.3, -0.25) is 38.5 Å². The minimum Gasteiger partial charge on any atom is -0.467 e. The van der Waals surface area contributed by atoms with E-state index in [1.807, 2.05) is 0 Å². The summed E-state index contributed by atoms with van der Waals surface area (Å²) >= 11 is 0. The molecule has 17 nitrogen and oxygen atoms in total. The number of methoxy groups -OCH3 is 3. The molecule has 5 aliphatic rings. The lowest BCUT2D eigenvalue weighted by Crippen LogP contribution is -2.64. The third-order valence-corrected chi connectivity index (χ3v) is 6.86. The lowest BCUT2D eigenvalue weighted by molar-refractivity contribution is -0.398. The summed E-state index contributed by atoms with van der Waals surface area (Å²) in [5.41, 5.74) is -5.71. The Kier molecular flexibility index (Phi) is 4.51. The molecule has 5 rings (SSSR count). The van der Waals surface area contributed by atoms with Gasteiger partial charge in [0.1, 0.15) is 11.8 Å². The van der Waals surface area contributed by atoms with Gasteiger partial charge in [0, 0.05) is 7.05 Å². The van der Waals surface area contributed by atoms with Crippen molar-refractivity contribution < 1.29 is 62.2 Å². The number of nitrogens with zero attached hydrogens (tertiary/aromatic N) is 4. The summed E-state index contributed by atoms with van der Waals surface area (Å²) < 4.78 is 13.9. The Balaban J connectivity index is 1.75. The molecule has 0 bridgehead atoms. The monoisotopic (exact) mass is 496 g/mol. The normalized spacial score (nSPS) is 38.0. The first-order valence-corrected chi connectivity index (χ1v) is 9.92. The Morgan fingerprint density at radius 3 is 1.63 bits per heavy atom. The highest BCUT2D eigenvalue weighted by atomic mass is 16.9. The number of likely N-dealkylation sites (tertiary alicyclic amines) is 2. The number of hydrazine groups is 1. The smallest absolute Gasteiger partial charge is 0.423 e. The van der Waals surface area contributed by atoms with Crippen molar-refractivity contribution in [3.05, 3.63) is 0 Å². The molecule has 0 aromatic carbocycles. The summed E-state index contributed by atoms with van der Waals surface area (Å²) in [5.74, 6) is -12.8. The second-order valence-corrected chi connectivity index (χ2v) is 8.12. The van der Waals surface area contributed by atoms with Crippen LogP contribution >= 0.6 is 0 Å². The number of hydrogen-bond donors (Lipinski definition) is 0. The van der Waals surface area contributed by atoms with Crippen LogP contribution in [0.4, 0.5) is 4.79 Å². The highest BCUT2D eigenvalue weighted by Gasteiger charge is 2.91. The number of Topliss-reactive ketones (excluding diaryl/α,β-unsaturated/α-hetero) is 1.